The fourth-order valence-electron chi connectivity index (χ4n) is 3.34. The molecular formula is C15H14Br2N4O. The molecule has 0 bridgehead atoms. The van der Waals surface area contributed by atoms with E-state index in [9.17, 15) is 4.79 Å². The highest BCUT2D eigenvalue weighted by Crippen LogP contribution is 2.56. The minimum absolute atomic E-state index is 0.00791. The molecule has 1 N–H and O–H groups in total. The van der Waals surface area contributed by atoms with Crippen molar-refractivity contribution in [1.29, 1.82) is 0 Å². The molecule has 114 valence electrons. The lowest BCUT2D eigenvalue weighted by molar-refractivity contribution is -0.124. The molecule has 22 heavy (non-hydrogen) atoms. The van der Waals surface area contributed by atoms with Gasteiger partial charge in [0.15, 0.2) is 0 Å². The van der Waals surface area contributed by atoms with Crippen LogP contribution in [0.2, 0.25) is 0 Å². The van der Waals surface area contributed by atoms with Gasteiger partial charge >= 0.3 is 0 Å². The molecule has 3 aliphatic rings. The summed E-state index contributed by atoms with van der Waals surface area (Å²) >= 11 is 7.25. The molecule has 0 spiro atoms. The number of amides is 1. The van der Waals surface area contributed by atoms with Crippen LogP contribution in [0.25, 0.3) is 5.57 Å². The SMILES string of the molecule is CC(=O)N1CCN=C1Nc1c(Br)nc2c(c1Br)C1=CCCC12. The highest BCUT2D eigenvalue weighted by molar-refractivity contribution is 9.11. The minimum atomic E-state index is -0.00791. The van der Waals surface area contributed by atoms with Gasteiger partial charge in [0, 0.05) is 24.9 Å². The third-order valence-corrected chi connectivity index (χ3v) is 5.76. The Morgan fingerprint density at radius 1 is 1.45 bits per heavy atom. The first-order valence-corrected chi connectivity index (χ1v) is 8.85. The lowest BCUT2D eigenvalue weighted by atomic mass is 9.78. The molecule has 5 nitrogen and oxygen atoms in total. The molecule has 4 rings (SSSR count). The largest absolute Gasteiger partial charge is 0.323 e. The van der Waals surface area contributed by atoms with Gasteiger partial charge in [-0.3, -0.25) is 14.7 Å². The van der Waals surface area contributed by atoms with Crippen molar-refractivity contribution in [3.05, 3.63) is 26.4 Å². The number of allylic oxidation sites excluding steroid dienone is 2. The summed E-state index contributed by atoms with van der Waals surface area (Å²) in [6.45, 7) is 2.80. The zero-order valence-corrected chi connectivity index (χ0v) is 15.2. The predicted octanol–water partition coefficient (Wildman–Crippen LogP) is 3.51. The van der Waals surface area contributed by atoms with Gasteiger partial charge in [-0.15, -0.1) is 0 Å². The molecule has 1 atom stereocenters. The molecule has 0 aromatic carbocycles. The van der Waals surface area contributed by atoms with Gasteiger partial charge < -0.3 is 5.32 Å². The number of aliphatic imine (C=N–C) groups is 1. The number of hydrogen-bond acceptors (Lipinski definition) is 4. The van der Waals surface area contributed by atoms with Crippen LogP contribution in [0.4, 0.5) is 5.69 Å². The molecule has 2 aliphatic carbocycles. The van der Waals surface area contributed by atoms with Crippen molar-refractivity contribution in [3.8, 4) is 0 Å². The molecule has 0 saturated heterocycles. The van der Waals surface area contributed by atoms with E-state index in [1.165, 1.54) is 11.1 Å². The van der Waals surface area contributed by atoms with E-state index in [4.69, 9.17) is 4.98 Å². The third-order valence-electron chi connectivity index (χ3n) is 4.39. The number of pyridine rings is 1. The summed E-state index contributed by atoms with van der Waals surface area (Å²) in [4.78, 5) is 22.4. The number of guanidine groups is 1. The average Bonchev–Trinajstić information content (AvgIpc) is 3.07. The van der Waals surface area contributed by atoms with Gasteiger partial charge in [0.1, 0.15) is 4.60 Å². The van der Waals surface area contributed by atoms with E-state index in [1.54, 1.807) is 11.8 Å². The number of aromatic nitrogens is 1. The summed E-state index contributed by atoms with van der Waals surface area (Å²) in [5.41, 5.74) is 4.57. The number of hydrogen-bond donors (Lipinski definition) is 1. The first-order chi connectivity index (χ1) is 10.6. The van der Waals surface area contributed by atoms with E-state index >= 15 is 0 Å². The van der Waals surface area contributed by atoms with Crippen LogP contribution in [-0.2, 0) is 4.79 Å². The molecule has 1 amide bonds. The third kappa shape index (κ3) is 1.98. The minimum Gasteiger partial charge on any atom is -0.323 e. The standard InChI is InChI=1S/C15H14Br2N4O/c1-7(22)21-6-5-18-15(21)20-13-11(16)10-8-3-2-4-9(8)12(10)19-14(13)17/h3,9H,2,4-6H2,1H3,(H,18,20). The molecule has 0 radical (unpaired) electrons. The number of fused-ring (bicyclic) bond motifs is 4. The maximum absolute atomic E-state index is 11.7. The first kappa shape index (κ1) is 14.4. The Bertz CT molecular complexity index is 756. The molecule has 1 aromatic rings. The van der Waals surface area contributed by atoms with Crippen LogP contribution in [0.5, 0.6) is 0 Å². The number of carbonyl (C=O) groups is 1. The van der Waals surface area contributed by atoms with E-state index in [1.807, 2.05) is 0 Å². The maximum Gasteiger partial charge on any atom is 0.226 e. The fraction of sp³-hybridized carbons (Fsp3) is 0.400. The van der Waals surface area contributed by atoms with Gasteiger partial charge in [-0.1, -0.05) is 6.08 Å². The van der Waals surface area contributed by atoms with Crippen molar-refractivity contribution < 1.29 is 4.79 Å². The summed E-state index contributed by atoms with van der Waals surface area (Å²) in [5.74, 6) is 1.08. The Kier molecular flexibility index (Phi) is 3.38. The van der Waals surface area contributed by atoms with Crippen molar-refractivity contribution in [1.82, 2.24) is 9.88 Å². The topological polar surface area (TPSA) is 57.6 Å². The van der Waals surface area contributed by atoms with Crippen molar-refractivity contribution >= 4 is 55.0 Å². The number of nitrogens with zero attached hydrogens (tertiary/aromatic N) is 3. The molecule has 1 aliphatic heterocycles. The van der Waals surface area contributed by atoms with Gasteiger partial charge in [-0.25, -0.2) is 4.98 Å². The molecule has 1 unspecified atom stereocenters. The zero-order chi connectivity index (χ0) is 15.4. The van der Waals surface area contributed by atoms with Crippen molar-refractivity contribution in [2.45, 2.75) is 25.7 Å². The molecule has 2 heterocycles. The van der Waals surface area contributed by atoms with Crippen LogP contribution >= 0.6 is 31.9 Å². The van der Waals surface area contributed by atoms with Gasteiger partial charge in [0.25, 0.3) is 0 Å². The van der Waals surface area contributed by atoms with Crippen LogP contribution < -0.4 is 5.32 Å². The Morgan fingerprint density at radius 3 is 3.05 bits per heavy atom. The predicted molar refractivity (Wildman–Crippen MR) is 92.9 cm³/mol. The van der Waals surface area contributed by atoms with Crippen LogP contribution in [0.15, 0.2) is 20.1 Å². The smallest absolute Gasteiger partial charge is 0.226 e. The number of nitrogens with one attached hydrogen (secondary N) is 1. The maximum atomic E-state index is 11.7. The summed E-state index contributed by atoms with van der Waals surface area (Å²) in [7, 11) is 0. The highest BCUT2D eigenvalue weighted by atomic mass is 79.9. The van der Waals surface area contributed by atoms with Gasteiger partial charge in [-0.05, 0) is 50.3 Å². The average molecular weight is 426 g/mol. The van der Waals surface area contributed by atoms with E-state index in [-0.39, 0.29) is 5.91 Å². The second-order valence-corrected chi connectivity index (χ2v) is 7.19. The van der Waals surface area contributed by atoms with Gasteiger partial charge in [-0.2, -0.15) is 0 Å². The highest BCUT2D eigenvalue weighted by Gasteiger charge is 2.39. The Morgan fingerprint density at radius 2 is 2.27 bits per heavy atom. The second kappa shape index (κ2) is 5.16. The first-order valence-electron chi connectivity index (χ1n) is 7.27. The van der Waals surface area contributed by atoms with E-state index in [2.05, 4.69) is 48.2 Å². The fourth-order valence-corrected chi connectivity index (χ4v) is 4.81. The van der Waals surface area contributed by atoms with Gasteiger partial charge in [0.05, 0.1) is 22.4 Å². The molecule has 0 saturated carbocycles. The summed E-state index contributed by atoms with van der Waals surface area (Å²) in [6.07, 6.45) is 4.58. The van der Waals surface area contributed by atoms with Crippen molar-refractivity contribution in [2.75, 3.05) is 18.4 Å². The molecule has 1 aromatic heterocycles. The second-order valence-electron chi connectivity index (χ2n) is 5.64. The van der Waals surface area contributed by atoms with Crippen LogP contribution in [0.3, 0.4) is 0 Å². The lowest BCUT2D eigenvalue weighted by Crippen LogP contribution is -2.37. The lowest BCUT2D eigenvalue weighted by Gasteiger charge is -2.31. The Hall–Kier alpha value is -1.21. The number of anilines is 1. The van der Waals surface area contributed by atoms with Crippen LogP contribution in [-0.4, -0.2) is 34.8 Å². The molecular weight excluding hydrogens is 412 g/mol. The normalized spacial score (nSPS) is 21.8. The van der Waals surface area contributed by atoms with Crippen molar-refractivity contribution in [3.63, 3.8) is 0 Å². The Labute approximate surface area is 145 Å². The van der Waals surface area contributed by atoms with E-state index in [0.29, 0.717) is 25.0 Å². The van der Waals surface area contributed by atoms with Gasteiger partial charge in [0.2, 0.25) is 11.9 Å². The summed E-state index contributed by atoms with van der Waals surface area (Å²) < 4.78 is 1.74. The quantitative estimate of drug-likeness (QED) is 0.700. The van der Waals surface area contributed by atoms with E-state index in [0.717, 1.165) is 33.3 Å². The van der Waals surface area contributed by atoms with Crippen molar-refractivity contribution in [2.24, 2.45) is 4.99 Å². The molecule has 7 heteroatoms. The summed E-state index contributed by atoms with van der Waals surface area (Å²) in [6, 6.07) is 0. The molecule has 0 fully saturated rings. The summed E-state index contributed by atoms with van der Waals surface area (Å²) in [5, 5.41) is 3.26. The van der Waals surface area contributed by atoms with E-state index < -0.39 is 0 Å². The number of carbonyl (C=O) groups excluding carboxylic acids is 1. The zero-order valence-electron chi connectivity index (χ0n) is 12.0. The number of halogens is 2. The van der Waals surface area contributed by atoms with Crippen LogP contribution in [0, 0.1) is 0 Å². The monoisotopic (exact) mass is 424 g/mol. The Balaban J connectivity index is 1.72. The van der Waals surface area contributed by atoms with Crippen LogP contribution in [0.1, 0.15) is 36.9 Å². The number of rotatable bonds is 1.